The summed E-state index contributed by atoms with van der Waals surface area (Å²) in [4.78, 5) is 21.6. The minimum absolute atomic E-state index is 0.229. The van der Waals surface area contributed by atoms with E-state index in [2.05, 4.69) is 0 Å². The van der Waals surface area contributed by atoms with Crippen LogP contribution in [0.25, 0.3) is 0 Å². The van der Waals surface area contributed by atoms with Gasteiger partial charge < -0.3 is 10.5 Å². The highest BCUT2D eigenvalue weighted by Crippen LogP contribution is 2.24. The van der Waals surface area contributed by atoms with E-state index in [1.54, 1.807) is 0 Å². The molecule has 0 unspecified atom stereocenters. The molecule has 2 fully saturated rings. The monoisotopic (exact) mass is 355 g/mol. The molecule has 0 aromatic carbocycles. The van der Waals surface area contributed by atoms with Gasteiger partial charge in [0.25, 0.3) is 0 Å². The lowest BCUT2D eigenvalue weighted by Crippen LogP contribution is -2.18. The molecule has 0 atom stereocenters. The van der Waals surface area contributed by atoms with Gasteiger partial charge in [-0.2, -0.15) is 0 Å². The van der Waals surface area contributed by atoms with Crippen molar-refractivity contribution in [2.24, 2.45) is 11.7 Å². The standard InChI is InChI=1S/C10H19NO2.C9H16O.C2H6/c11-10(12)7-4-8-13-9-5-2-1-3-6-9;1-2-9(10)8-6-4-3-5-7-8;1-2/h9H,1-8H2,(H2,11,12);8H,2-7H2,1H3;1-2H3. The molecular formula is C21H41NO3. The van der Waals surface area contributed by atoms with Crippen LogP contribution < -0.4 is 5.73 Å². The number of carbonyl (C=O) groups is 2. The zero-order chi connectivity index (χ0) is 18.9. The Kier molecular flexibility index (Phi) is 16.0. The number of ether oxygens (including phenoxy) is 1. The number of primary amides is 1. The van der Waals surface area contributed by atoms with Gasteiger partial charge in [0.1, 0.15) is 5.78 Å². The van der Waals surface area contributed by atoms with Crippen LogP contribution in [0.2, 0.25) is 0 Å². The van der Waals surface area contributed by atoms with Crippen molar-refractivity contribution in [1.82, 2.24) is 0 Å². The summed E-state index contributed by atoms with van der Waals surface area (Å²) in [6.07, 6.45) is 14.9. The molecule has 2 aliphatic rings. The number of Topliss-reactive ketones (excluding diaryl/α,β-unsaturated/α-hetero) is 1. The highest BCUT2D eigenvalue weighted by Gasteiger charge is 2.18. The smallest absolute Gasteiger partial charge is 0.217 e. The van der Waals surface area contributed by atoms with E-state index in [0.29, 0.717) is 30.8 Å². The largest absolute Gasteiger partial charge is 0.378 e. The summed E-state index contributed by atoms with van der Waals surface area (Å²) >= 11 is 0. The molecule has 4 heteroatoms. The Hall–Kier alpha value is -0.900. The second-order valence-corrected chi connectivity index (χ2v) is 6.86. The Balaban J connectivity index is 0.000000430. The average Bonchev–Trinajstić information content (AvgIpc) is 2.68. The van der Waals surface area contributed by atoms with Gasteiger partial charge in [-0.3, -0.25) is 9.59 Å². The first-order chi connectivity index (χ1) is 12.1. The molecule has 0 aromatic heterocycles. The van der Waals surface area contributed by atoms with Crippen molar-refractivity contribution in [3.63, 3.8) is 0 Å². The Morgan fingerprint density at radius 2 is 1.44 bits per heavy atom. The van der Waals surface area contributed by atoms with Gasteiger partial charge in [-0.15, -0.1) is 0 Å². The predicted molar refractivity (Wildman–Crippen MR) is 104 cm³/mol. The molecule has 0 spiro atoms. The topological polar surface area (TPSA) is 69.4 Å². The van der Waals surface area contributed by atoms with E-state index in [4.69, 9.17) is 10.5 Å². The van der Waals surface area contributed by atoms with Crippen molar-refractivity contribution in [1.29, 1.82) is 0 Å². The third kappa shape index (κ3) is 13.0. The lowest BCUT2D eigenvalue weighted by molar-refractivity contribution is -0.123. The van der Waals surface area contributed by atoms with Crippen molar-refractivity contribution in [3.05, 3.63) is 0 Å². The van der Waals surface area contributed by atoms with Crippen LogP contribution in [-0.2, 0) is 14.3 Å². The molecule has 2 rings (SSSR count). The van der Waals surface area contributed by atoms with Crippen LogP contribution in [0.15, 0.2) is 0 Å². The normalized spacial score (nSPS) is 18.4. The van der Waals surface area contributed by atoms with Crippen LogP contribution in [-0.4, -0.2) is 24.4 Å². The van der Waals surface area contributed by atoms with Crippen molar-refractivity contribution in [3.8, 4) is 0 Å². The van der Waals surface area contributed by atoms with Gasteiger partial charge in [-0.05, 0) is 32.1 Å². The molecular weight excluding hydrogens is 314 g/mol. The Morgan fingerprint density at radius 3 is 1.92 bits per heavy atom. The van der Waals surface area contributed by atoms with Crippen molar-refractivity contribution in [2.75, 3.05) is 6.61 Å². The van der Waals surface area contributed by atoms with Crippen LogP contribution in [0.3, 0.4) is 0 Å². The summed E-state index contributed by atoms with van der Waals surface area (Å²) in [7, 11) is 0. The van der Waals surface area contributed by atoms with E-state index >= 15 is 0 Å². The zero-order valence-electron chi connectivity index (χ0n) is 16.9. The first kappa shape index (κ1) is 24.1. The highest BCUT2D eigenvalue weighted by atomic mass is 16.5. The third-order valence-corrected chi connectivity index (χ3v) is 4.88. The van der Waals surface area contributed by atoms with Crippen LogP contribution in [0.4, 0.5) is 0 Å². The first-order valence-electron chi connectivity index (χ1n) is 10.6. The number of ketones is 1. The SMILES string of the molecule is CC.CCC(=O)C1CCCCC1.NC(=O)CCCOC1CCCCC1. The Morgan fingerprint density at radius 1 is 0.920 bits per heavy atom. The molecule has 2 N–H and O–H groups in total. The van der Waals surface area contributed by atoms with Gasteiger partial charge in [-0.1, -0.05) is 59.3 Å². The molecule has 0 radical (unpaired) electrons. The number of nitrogens with two attached hydrogens (primary N) is 1. The van der Waals surface area contributed by atoms with E-state index < -0.39 is 0 Å². The van der Waals surface area contributed by atoms with E-state index in [9.17, 15) is 9.59 Å². The van der Waals surface area contributed by atoms with E-state index in [-0.39, 0.29) is 5.91 Å². The van der Waals surface area contributed by atoms with Gasteiger partial charge in [-0.25, -0.2) is 0 Å². The molecule has 4 nitrogen and oxygen atoms in total. The maximum Gasteiger partial charge on any atom is 0.217 e. The summed E-state index contributed by atoms with van der Waals surface area (Å²) < 4.78 is 5.63. The van der Waals surface area contributed by atoms with Crippen LogP contribution in [0.1, 0.15) is 104 Å². The molecule has 2 saturated carbocycles. The average molecular weight is 356 g/mol. The fraction of sp³-hybridized carbons (Fsp3) is 0.905. The summed E-state index contributed by atoms with van der Waals surface area (Å²) in [6.45, 7) is 6.66. The second-order valence-electron chi connectivity index (χ2n) is 6.86. The molecule has 2 aliphatic carbocycles. The van der Waals surface area contributed by atoms with Gasteiger partial charge >= 0.3 is 0 Å². The summed E-state index contributed by atoms with van der Waals surface area (Å²) in [5.41, 5.74) is 5.02. The van der Waals surface area contributed by atoms with Crippen molar-refractivity contribution in [2.45, 2.75) is 110 Å². The van der Waals surface area contributed by atoms with Gasteiger partial charge in [0.2, 0.25) is 5.91 Å². The predicted octanol–water partition coefficient (Wildman–Crippen LogP) is 5.17. The van der Waals surface area contributed by atoms with Crippen molar-refractivity contribution < 1.29 is 14.3 Å². The number of hydrogen-bond acceptors (Lipinski definition) is 3. The summed E-state index contributed by atoms with van der Waals surface area (Å²) in [5, 5.41) is 0. The molecule has 0 aromatic rings. The van der Waals surface area contributed by atoms with E-state index in [1.807, 2.05) is 20.8 Å². The summed E-state index contributed by atoms with van der Waals surface area (Å²) in [5.74, 6) is 0.686. The van der Waals surface area contributed by atoms with Crippen molar-refractivity contribution >= 4 is 11.7 Å². The second kappa shape index (κ2) is 16.6. The van der Waals surface area contributed by atoms with E-state index in [1.165, 1.54) is 51.4 Å². The molecule has 0 bridgehead atoms. The molecule has 148 valence electrons. The van der Waals surface area contributed by atoms with Crippen LogP contribution in [0, 0.1) is 5.92 Å². The molecule has 25 heavy (non-hydrogen) atoms. The minimum Gasteiger partial charge on any atom is -0.378 e. The Bertz CT molecular complexity index is 332. The maximum atomic E-state index is 11.2. The summed E-state index contributed by atoms with van der Waals surface area (Å²) in [6, 6.07) is 0. The number of hydrogen-bond donors (Lipinski definition) is 1. The number of amides is 1. The lowest BCUT2D eigenvalue weighted by atomic mass is 9.85. The fourth-order valence-corrected chi connectivity index (χ4v) is 3.44. The molecule has 1 amide bonds. The third-order valence-electron chi connectivity index (χ3n) is 4.88. The number of carbonyl (C=O) groups excluding carboxylic acids is 2. The number of rotatable bonds is 7. The fourth-order valence-electron chi connectivity index (χ4n) is 3.44. The zero-order valence-corrected chi connectivity index (χ0v) is 16.9. The molecule has 0 saturated heterocycles. The quantitative estimate of drug-likeness (QED) is 0.640. The minimum atomic E-state index is -0.229. The van der Waals surface area contributed by atoms with Crippen LogP contribution in [0.5, 0.6) is 0 Å². The maximum absolute atomic E-state index is 11.2. The van der Waals surface area contributed by atoms with E-state index in [0.717, 1.165) is 25.7 Å². The lowest BCUT2D eigenvalue weighted by Gasteiger charge is -2.21. The molecule has 0 aliphatic heterocycles. The van der Waals surface area contributed by atoms with Gasteiger partial charge in [0.05, 0.1) is 6.10 Å². The highest BCUT2D eigenvalue weighted by molar-refractivity contribution is 5.80. The van der Waals surface area contributed by atoms with Crippen LogP contribution >= 0.6 is 0 Å². The van der Waals surface area contributed by atoms with Gasteiger partial charge in [0.15, 0.2) is 0 Å². The molecule has 0 heterocycles. The first-order valence-corrected chi connectivity index (χ1v) is 10.6. The Labute approximate surface area is 155 Å². The van der Waals surface area contributed by atoms with Gasteiger partial charge in [0, 0.05) is 25.4 Å².